The minimum absolute atomic E-state index is 0.127. The van der Waals surface area contributed by atoms with Crippen LogP contribution in [0.15, 0.2) is 18.2 Å². The van der Waals surface area contributed by atoms with E-state index in [0.717, 1.165) is 6.61 Å². The number of rotatable bonds is 8. The predicted octanol–water partition coefficient (Wildman–Crippen LogP) is 3.01. The summed E-state index contributed by atoms with van der Waals surface area (Å²) >= 11 is 0. The van der Waals surface area contributed by atoms with Crippen molar-refractivity contribution in [3.63, 3.8) is 0 Å². The Morgan fingerprint density at radius 1 is 1.16 bits per heavy atom. The van der Waals surface area contributed by atoms with Crippen LogP contribution >= 0.6 is 0 Å². The van der Waals surface area contributed by atoms with Gasteiger partial charge in [0.2, 0.25) is 0 Å². The molecule has 0 spiro atoms. The van der Waals surface area contributed by atoms with Gasteiger partial charge in [0.1, 0.15) is 0 Å². The summed E-state index contributed by atoms with van der Waals surface area (Å²) < 4.78 is 11.2. The van der Waals surface area contributed by atoms with Gasteiger partial charge in [-0.3, -0.25) is 0 Å². The van der Waals surface area contributed by atoms with Crippen molar-refractivity contribution in [1.82, 2.24) is 5.32 Å². The number of aryl methyl sites for hydroxylation is 2. The Morgan fingerprint density at radius 2 is 1.89 bits per heavy atom. The molecule has 2 atom stereocenters. The van der Waals surface area contributed by atoms with Crippen LogP contribution in [-0.2, 0) is 9.47 Å². The van der Waals surface area contributed by atoms with E-state index >= 15 is 0 Å². The maximum atomic E-state index is 5.83. The molecule has 1 aromatic carbocycles. The molecule has 0 saturated heterocycles. The van der Waals surface area contributed by atoms with Gasteiger partial charge in [0.05, 0.1) is 25.4 Å². The van der Waals surface area contributed by atoms with E-state index in [1.807, 2.05) is 20.9 Å². The number of hydrogen-bond acceptors (Lipinski definition) is 3. The molecule has 19 heavy (non-hydrogen) atoms. The standard InChI is InChI=1S/C16H27NO2/c1-6-18-10-14(4)19-11-16(17-5)15-8-7-12(2)13(3)9-15/h7-9,14,16-17H,6,10-11H2,1-5H3. The fourth-order valence-corrected chi connectivity index (χ4v) is 1.92. The van der Waals surface area contributed by atoms with Gasteiger partial charge in [-0.25, -0.2) is 0 Å². The molecule has 0 heterocycles. The molecule has 1 rings (SSSR count). The monoisotopic (exact) mass is 265 g/mol. The van der Waals surface area contributed by atoms with Crippen molar-refractivity contribution in [2.24, 2.45) is 0 Å². The first kappa shape index (κ1) is 16.2. The number of ether oxygens (including phenoxy) is 2. The maximum Gasteiger partial charge on any atom is 0.0781 e. The second kappa shape index (κ2) is 8.31. The largest absolute Gasteiger partial charge is 0.379 e. The first-order chi connectivity index (χ1) is 9.08. The van der Waals surface area contributed by atoms with Gasteiger partial charge < -0.3 is 14.8 Å². The summed E-state index contributed by atoms with van der Waals surface area (Å²) in [6.07, 6.45) is 0.127. The van der Waals surface area contributed by atoms with Crippen molar-refractivity contribution in [3.05, 3.63) is 34.9 Å². The highest BCUT2D eigenvalue weighted by Crippen LogP contribution is 2.17. The van der Waals surface area contributed by atoms with Crippen LogP contribution in [0.2, 0.25) is 0 Å². The second-order valence-electron chi connectivity index (χ2n) is 4.99. The Hall–Kier alpha value is -0.900. The van der Waals surface area contributed by atoms with Crippen LogP contribution in [0.3, 0.4) is 0 Å². The number of likely N-dealkylation sites (N-methyl/N-ethyl adjacent to an activating group) is 1. The van der Waals surface area contributed by atoms with Crippen molar-refractivity contribution in [2.75, 3.05) is 26.9 Å². The molecule has 108 valence electrons. The topological polar surface area (TPSA) is 30.5 Å². The number of hydrogen-bond donors (Lipinski definition) is 1. The Morgan fingerprint density at radius 3 is 2.47 bits per heavy atom. The molecule has 0 aliphatic rings. The molecule has 0 bridgehead atoms. The highest BCUT2D eigenvalue weighted by Gasteiger charge is 2.12. The summed E-state index contributed by atoms with van der Waals surface area (Å²) in [4.78, 5) is 0. The maximum absolute atomic E-state index is 5.83. The van der Waals surface area contributed by atoms with Crippen LogP contribution in [0, 0.1) is 13.8 Å². The van der Waals surface area contributed by atoms with Crippen molar-refractivity contribution < 1.29 is 9.47 Å². The van der Waals surface area contributed by atoms with Gasteiger partial charge in [-0.1, -0.05) is 18.2 Å². The zero-order chi connectivity index (χ0) is 14.3. The van der Waals surface area contributed by atoms with E-state index in [1.54, 1.807) is 0 Å². The van der Waals surface area contributed by atoms with Crippen molar-refractivity contribution >= 4 is 0 Å². The fourth-order valence-electron chi connectivity index (χ4n) is 1.92. The molecule has 0 saturated carbocycles. The Kier molecular flexibility index (Phi) is 7.06. The molecular formula is C16H27NO2. The molecular weight excluding hydrogens is 238 g/mol. The van der Waals surface area contributed by atoms with Crippen LogP contribution < -0.4 is 5.32 Å². The van der Waals surface area contributed by atoms with Crippen LogP contribution in [-0.4, -0.2) is 33.0 Å². The summed E-state index contributed by atoms with van der Waals surface area (Å²) in [5.74, 6) is 0. The van der Waals surface area contributed by atoms with E-state index in [2.05, 4.69) is 37.4 Å². The van der Waals surface area contributed by atoms with Gasteiger partial charge in [-0.15, -0.1) is 0 Å². The minimum atomic E-state index is 0.127. The molecule has 3 heteroatoms. The van der Waals surface area contributed by atoms with Crippen molar-refractivity contribution in [2.45, 2.75) is 39.8 Å². The third kappa shape index (κ3) is 5.31. The molecule has 0 radical (unpaired) electrons. The van der Waals surface area contributed by atoms with E-state index in [9.17, 15) is 0 Å². The summed E-state index contributed by atoms with van der Waals surface area (Å²) in [6.45, 7) is 10.4. The van der Waals surface area contributed by atoms with E-state index in [1.165, 1.54) is 16.7 Å². The van der Waals surface area contributed by atoms with E-state index in [-0.39, 0.29) is 12.1 Å². The van der Waals surface area contributed by atoms with Gasteiger partial charge >= 0.3 is 0 Å². The molecule has 0 aliphatic heterocycles. The van der Waals surface area contributed by atoms with Crippen LogP contribution in [0.1, 0.15) is 36.6 Å². The zero-order valence-electron chi connectivity index (χ0n) is 12.8. The van der Waals surface area contributed by atoms with Crippen LogP contribution in [0.25, 0.3) is 0 Å². The second-order valence-corrected chi connectivity index (χ2v) is 4.99. The quantitative estimate of drug-likeness (QED) is 0.784. The predicted molar refractivity (Wildman–Crippen MR) is 79.6 cm³/mol. The van der Waals surface area contributed by atoms with Gasteiger partial charge in [0.25, 0.3) is 0 Å². The Balaban J connectivity index is 2.55. The van der Waals surface area contributed by atoms with Gasteiger partial charge in [0.15, 0.2) is 0 Å². The molecule has 3 nitrogen and oxygen atoms in total. The Labute approximate surface area is 117 Å². The lowest BCUT2D eigenvalue weighted by Gasteiger charge is -2.21. The lowest BCUT2D eigenvalue weighted by Crippen LogP contribution is -2.26. The fraction of sp³-hybridized carbons (Fsp3) is 0.625. The lowest BCUT2D eigenvalue weighted by atomic mass is 10.0. The first-order valence-corrected chi connectivity index (χ1v) is 7.02. The molecule has 0 aliphatic carbocycles. The Bertz CT molecular complexity index is 379. The summed E-state index contributed by atoms with van der Waals surface area (Å²) in [6, 6.07) is 6.79. The molecule has 0 amide bonds. The average molecular weight is 265 g/mol. The summed E-state index contributed by atoms with van der Waals surface area (Å²) in [5, 5.41) is 3.31. The van der Waals surface area contributed by atoms with Crippen molar-refractivity contribution in [1.29, 1.82) is 0 Å². The highest BCUT2D eigenvalue weighted by atomic mass is 16.5. The van der Waals surface area contributed by atoms with Crippen LogP contribution in [0.5, 0.6) is 0 Å². The lowest BCUT2D eigenvalue weighted by molar-refractivity contribution is -0.0110. The highest BCUT2D eigenvalue weighted by molar-refractivity contribution is 5.31. The summed E-state index contributed by atoms with van der Waals surface area (Å²) in [7, 11) is 1.97. The third-order valence-corrected chi connectivity index (χ3v) is 3.39. The normalized spacial score (nSPS) is 14.4. The molecule has 2 unspecified atom stereocenters. The van der Waals surface area contributed by atoms with Crippen molar-refractivity contribution in [3.8, 4) is 0 Å². The molecule has 1 N–H and O–H groups in total. The molecule has 0 fully saturated rings. The average Bonchev–Trinajstić information content (AvgIpc) is 2.41. The minimum Gasteiger partial charge on any atom is -0.379 e. The molecule has 0 aromatic heterocycles. The number of benzene rings is 1. The third-order valence-electron chi connectivity index (χ3n) is 3.39. The van der Waals surface area contributed by atoms with Gasteiger partial charge in [-0.2, -0.15) is 0 Å². The first-order valence-electron chi connectivity index (χ1n) is 7.02. The van der Waals surface area contributed by atoms with E-state index < -0.39 is 0 Å². The van der Waals surface area contributed by atoms with E-state index in [0.29, 0.717) is 13.2 Å². The van der Waals surface area contributed by atoms with Crippen LogP contribution in [0.4, 0.5) is 0 Å². The summed E-state index contributed by atoms with van der Waals surface area (Å²) in [5.41, 5.74) is 3.92. The van der Waals surface area contributed by atoms with Gasteiger partial charge in [-0.05, 0) is 51.4 Å². The zero-order valence-corrected chi connectivity index (χ0v) is 12.8. The SMILES string of the molecule is CCOCC(C)OCC(NC)c1ccc(C)c(C)c1. The number of nitrogens with one attached hydrogen (secondary N) is 1. The molecule has 1 aromatic rings. The van der Waals surface area contributed by atoms with E-state index in [4.69, 9.17) is 9.47 Å². The smallest absolute Gasteiger partial charge is 0.0781 e. The van der Waals surface area contributed by atoms with Gasteiger partial charge in [0, 0.05) is 6.61 Å².